The number of ether oxygens (including phenoxy) is 2. The van der Waals surface area contributed by atoms with Crippen molar-refractivity contribution in [2.24, 2.45) is 0 Å². The third kappa shape index (κ3) is 5.35. The number of rotatable bonds is 9. The van der Waals surface area contributed by atoms with Crippen LogP contribution in [0.2, 0.25) is 0 Å². The summed E-state index contributed by atoms with van der Waals surface area (Å²) in [7, 11) is 0. The molecule has 1 aromatic rings. The SMILES string of the molecule is CCOCC(=O)N1CCN(CCCOc2cccc3c2C(=O)N(C2CCC(=O)NC2=O)C3=O)CC1. The van der Waals surface area contributed by atoms with Gasteiger partial charge in [0.05, 0.1) is 17.7 Å². The highest BCUT2D eigenvalue weighted by molar-refractivity contribution is 6.24. The molecule has 1 N–H and O–H groups in total. The van der Waals surface area contributed by atoms with Crippen LogP contribution in [-0.2, 0) is 19.1 Å². The number of fused-ring (bicyclic) bond motifs is 1. The van der Waals surface area contributed by atoms with Crippen LogP contribution in [0.3, 0.4) is 0 Å². The Morgan fingerprint density at radius 2 is 1.86 bits per heavy atom. The van der Waals surface area contributed by atoms with Crippen molar-refractivity contribution in [3.8, 4) is 5.75 Å². The molecule has 1 atom stereocenters. The van der Waals surface area contributed by atoms with E-state index in [0.717, 1.165) is 24.5 Å². The number of hydrogen-bond acceptors (Lipinski definition) is 8. The molecule has 0 radical (unpaired) electrons. The van der Waals surface area contributed by atoms with Gasteiger partial charge in [0.25, 0.3) is 11.8 Å². The second kappa shape index (κ2) is 11.0. The van der Waals surface area contributed by atoms with Gasteiger partial charge in [-0.15, -0.1) is 0 Å². The van der Waals surface area contributed by atoms with E-state index in [-0.39, 0.29) is 36.5 Å². The van der Waals surface area contributed by atoms with Gasteiger partial charge in [-0.3, -0.25) is 39.1 Å². The third-order valence-electron chi connectivity index (χ3n) is 6.46. The maximum absolute atomic E-state index is 13.1. The molecular weight excluding hydrogens is 456 g/mol. The third-order valence-corrected chi connectivity index (χ3v) is 6.46. The van der Waals surface area contributed by atoms with Crippen molar-refractivity contribution >= 4 is 29.5 Å². The van der Waals surface area contributed by atoms with Crippen molar-refractivity contribution in [2.45, 2.75) is 32.2 Å². The molecule has 188 valence electrons. The largest absolute Gasteiger partial charge is 0.493 e. The summed E-state index contributed by atoms with van der Waals surface area (Å²) in [4.78, 5) is 66.7. The van der Waals surface area contributed by atoms with Crippen molar-refractivity contribution in [3.63, 3.8) is 0 Å². The normalized spacial score (nSPS) is 20.8. The van der Waals surface area contributed by atoms with E-state index in [1.54, 1.807) is 18.2 Å². The van der Waals surface area contributed by atoms with Crippen LogP contribution in [-0.4, -0.2) is 103 Å². The first kappa shape index (κ1) is 24.8. The van der Waals surface area contributed by atoms with E-state index >= 15 is 0 Å². The summed E-state index contributed by atoms with van der Waals surface area (Å²) in [5, 5.41) is 2.19. The van der Waals surface area contributed by atoms with E-state index in [4.69, 9.17) is 9.47 Å². The zero-order chi connectivity index (χ0) is 24.9. The molecule has 0 saturated carbocycles. The Hall–Kier alpha value is -3.31. The molecule has 5 amide bonds. The van der Waals surface area contributed by atoms with Gasteiger partial charge >= 0.3 is 0 Å². The number of amides is 5. The summed E-state index contributed by atoms with van der Waals surface area (Å²) in [6, 6.07) is 3.82. The molecule has 0 bridgehead atoms. The van der Waals surface area contributed by atoms with Crippen molar-refractivity contribution in [2.75, 3.05) is 52.5 Å². The molecule has 3 aliphatic heterocycles. The van der Waals surface area contributed by atoms with Gasteiger partial charge in [0.2, 0.25) is 17.7 Å². The highest BCUT2D eigenvalue weighted by atomic mass is 16.5. The van der Waals surface area contributed by atoms with E-state index in [0.29, 0.717) is 38.5 Å². The fourth-order valence-electron chi connectivity index (χ4n) is 4.58. The van der Waals surface area contributed by atoms with E-state index in [2.05, 4.69) is 10.2 Å². The Balaban J connectivity index is 1.29. The van der Waals surface area contributed by atoms with Crippen molar-refractivity contribution in [1.29, 1.82) is 0 Å². The minimum absolute atomic E-state index is 0.0123. The van der Waals surface area contributed by atoms with Gasteiger partial charge in [-0.1, -0.05) is 6.07 Å². The molecule has 0 aliphatic carbocycles. The van der Waals surface area contributed by atoms with Crippen LogP contribution in [0.4, 0.5) is 0 Å². The van der Waals surface area contributed by atoms with Gasteiger partial charge in [0.1, 0.15) is 18.4 Å². The molecule has 11 heteroatoms. The fourth-order valence-corrected chi connectivity index (χ4v) is 4.58. The van der Waals surface area contributed by atoms with Gasteiger partial charge in [0, 0.05) is 45.8 Å². The first-order valence-corrected chi connectivity index (χ1v) is 12.0. The van der Waals surface area contributed by atoms with E-state index < -0.39 is 29.7 Å². The summed E-state index contributed by atoms with van der Waals surface area (Å²) >= 11 is 0. The van der Waals surface area contributed by atoms with Gasteiger partial charge in [-0.05, 0) is 31.9 Å². The Kier molecular flexibility index (Phi) is 7.76. The molecule has 3 aliphatic rings. The first-order valence-electron chi connectivity index (χ1n) is 12.0. The number of imide groups is 2. The second-order valence-electron chi connectivity index (χ2n) is 8.69. The summed E-state index contributed by atoms with van der Waals surface area (Å²) in [6.07, 6.45) is 0.883. The quantitative estimate of drug-likeness (QED) is 0.383. The molecule has 1 aromatic carbocycles. The average Bonchev–Trinajstić information content (AvgIpc) is 3.11. The van der Waals surface area contributed by atoms with E-state index in [1.807, 2.05) is 11.8 Å². The minimum Gasteiger partial charge on any atom is -0.493 e. The van der Waals surface area contributed by atoms with Crippen molar-refractivity contribution in [3.05, 3.63) is 29.3 Å². The lowest BCUT2D eigenvalue weighted by atomic mass is 10.0. The molecule has 4 rings (SSSR count). The minimum atomic E-state index is -1.01. The number of nitrogens with one attached hydrogen (secondary N) is 1. The van der Waals surface area contributed by atoms with Gasteiger partial charge in [-0.2, -0.15) is 0 Å². The number of nitrogens with zero attached hydrogens (tertiary/aromatic N) is 3. The summed E-state index contributed by atoms with van der Waals surface area (Å²) in [5.41, 5.74) is 0.355. The molecule has 3 heterocycles. The second-order valence-corrected chi connectivity index (χ2v) is 8.69. The molecule has 11 nitrogen and oxygen atoms in total. The van der Waals surface area contributed by atoms with Crippen LogP contribution in [0.1, 0.15) is 46.9 Å². The van der Waals surface area contributed by atoms with Gasteiger partial charge < -0.3 is 14.4 Å². The highest BCUT2D eigenvalue weighted by Gasteiger charge is 2.46. The van der Waals surface area contributed by atoms with E-state index in [9.17, 15) is 24.0 Å². The van der Waals surface area contributed by atoms with Crippen LogP contribution >= 0.6 is 0 Å². The average molecular weight is 487 g/mol. The molecular formula is C24H30N4O7. The topological polar surface area (TPSA) is 126 Å². The predicted molar refractivity (Wildman–Crippen MR) is 123 cm³/mol. The summed E-state index contributed by atoms with van der Waals surface area (Å²) < 4.78 is 11.1. The lowest BCUT2D eigenvalue weighted by Gasteiger charge is -2.34. The highest BCUT2D eigenvalue weighted by Crippen LogP contribution is 2.33. The molecule has 1 unspecified atom stereocenters. The Morgan fingerprint density at radius 3 is 2.57 bits per heavy atom. The van der Waals surface area contributed by atoms with Crippen LogP contribution in [0.5, 0.6) is 5.75 Å². The maximum Gasteiger partial charge on any atom is 0.266 e. The van der Waals surface area contributed by atoms with Gasteiger partial charge in [0.15, 0.2) is 0 Å². The number of carbonyl (C=O) groups excluding carboxylic acids is 5. The van der Waals surface area contributed by atoms with Crippen LogP contribution in [0, 0.1) is 0 Å². The summed E-state index contributed by atoms with van der Waals surface area (Å²) in [5.74, 6) is -1.87. The Morgan fingerprint density at radius 1 is 1.09 bits per heavy atom. The summed E-state index contributed by atoms with van der Waals surface area (Å²) in [6.45, 7) is 6.48. The van der Waals surface area contributed by atoms with Crippen LogP contribution in [0.25, 0.3) is 0 Å². The molecule has 2 saturated heterocycles. The maximum atomic E-state index is 13.1. The fraction of sp³-hybridized carbons (Fsp3) is 0.542. The van der Waals surface area contributed by atoms with Gasteiger partial charge in [-0.25, -0.2) is 0 Å². The standard InChI is InChI=1S/C24H30N4O7/c1-2-34-15-20(30)27-12-10-26(11-13-27)9-4-14-35-18-6-3-5-16-21(18)24(33)28(23(16)32)17-7-8-19(29)25-22(17)31/h3,5-6,17H,2,4,7-15H2,1H3,(H,25,29,31). The van der Waals surface area contributed by atoms with Crippen LogP contribution < -0.4 is 10.1 Å². The lowest BCUT2D eigenvalue weighted by Crippen LogP contribution is -2.54. The lowest BCUT2D eigenvalue weighted by molar-refractivity contribution is -0.138. The Labute approximate surface area is 203 Å². The zero-order valence-electron chi connectivity index (χ0n) is 19.8. The number of benzene rings is 1. The van der Waals surface area contributed by atoms with Crippen molar-refractivity contribution in [1.82, 2.24) is 20.0 Å². The van der Waals surface area contributed by atoms with Crippen LogP contribution in [0.15, 0.2) is 18.2 Å². The number of carbonyl (C=O) groups is 5. The number of hydrogen-bond donors (Lipinski definition) is 1. The number of piperidine rings is 1. The molecule has 0 spiro atoms. The molecule has 0 aromatic heterocycles. The predicted octanol–water partition coefficient (Wildman–Crippen LogP) is 0.0374. The first-order chi connectivity index (χ1) is 16.9. The number of piperazine rings is 1. The zero-order valence-corrected chi connectivity index (χ0v) is 19.8. The molecule has 35 heavy (non-hydrogen) atoms. The molecule has 2 fully saturated rings. The van der Waals surface area contributed by atoms with E-state index in [1.165, 1.54) is 0 Å². The smallest absolute Gasteiger partial charge is 0.266 e. The monoisotopic (exact) mass is 486 g/mol. The Bertz CT molecular complexity index is 1020. The van der Waals surface area contributed by atoms with Crippen molar-refractivity contribution < 1.29 is 33.4 Å².